The molecule has 2 N–H and O–H groups in total. The second kappa shape index (κ2) is 9.21. The van der Waals surface area contributed by atoms with E-state index in [9.17, 15) is 19.5 Å². The van der Waals surface area contributed by atoms with E-state index >= 15 is 0 Å². The van der Waals surface area contributed by atoms with E-state index in [2.05, 4.69) is 10.4 Å². The Morgan fingerprint density at radius 3 is 2.29 bits per heavy atom. The number of carbonyl (C=O) groups excluding carboxylic acids is 2. The molecule has 1 saturated heterocycles. The van der Waals surface area contributed by atoms with Gasteiger partial charge in [0.1, 0.15) is 11.6 Å². The summed E-state index contributed by atoms with van der Waals surface area (Å²) in [6.45, 7) is 10.7. The van der Waals surface area contributed by atoms with E-state index < -0.39 is 12.0 Å². The number of likely N-dealkylation sites (tertiary alicyclic amines) is 1. The molecule has 0 radical (unpaired) electrons. The quantitative estimate of drug-likeness (QED) is 0.740. The van der Waals surface area contributed by atoms with Crippen molar-refractivity contribution < 1.29 is 19.5 Å². The van der Waals surface area contributed by atoms with Gasteiger partial charge in [-0.05, 0) is 31.6 Å². The average Bonchev–Trinajstić information content (AvgIpc) is 3.00. The number of nitrogens with zero attached hydrogens (tertiary/aromatic N) is 3. The molecule has 1 aliphatic heterocycles. The van der Waals surface area contributed by atoms with Crippen molar-refractivity contribution in [2.24, 2.45) is 11.8 Å². The maximum Gasteiger partial charge on any atom is 0.339 e. The Morgan fingerprint density at radius 2 is 1.82 bits per heavy atom. The van der Waals surface area contributed by atoms with E-state index in [0.29, 0.717) is 38.0 Å². The molecule has 2 amide bonds. The van der Waals surface area contributed by atoms with Crippen LogP contribution in [0, 0.1) is 18.8 Å². The molecule has 8 nitrogen and oxygen atoms in total. The molecule has 1 aromatic heterocycles. The fourth-order valence-corrected chi connectivity index (χ4v) is 3.65. The van der Waals surface area contributed by atoms with Crippen molar-refractivity contribution >= 4 is 17.8 Å². The van der Waals surface area contributed by atoms with Crippen molar-refractivity contribution in [3.05, 3.63) is 17.5 Å². The summed E-state index contributed by atoms with van der Waals surface area (Å²) in [4.78, 5) is 38.1. The zero-order valence-electron chi connectivity index (χ0n) is 17.4. The standard InChI is InChI=1S/C20H32N4O4/c1-12(2)10-17(25)22-18(13(3)4)19(26)23-8-6-15(7-9-23)24-14(5)16(11-21-24)20(27)28/h11-13,15,18H,6-10H2,1-5H3,(H,22,25)(H,27,28). The number of rotatable bonds is 7. The number of carbonyl (C=O) groups is 3. The molecular weight excluding hydrogens is 360 g/mol. The number of carboxylic acids is 1. The number of nitrogens with one attached hydrogen (secondary N) is 1. The molecule has 0 aliphatic carbocycles. The number of amides is 2. The lowest BCUT2D eigenvalue weighted by Gasteiger charge is -2.35. The highest BCUT2D eigenvalue weighted by atomic mass is 16.4. The first-order chi connectivity index (χ1) is 13.1. The van der Waals surface area contributed by atoms with E-state index in [4.69, 9.17) is 0 Å². The lowest BCUT2D eigenvalue weighted by atomic mass is 9.99. The van der Waals surface area contributed by atoms with Gasteiger partial charge in [0, 0.05) is 19.5 Å². The van der Waals surface area contributed by atoms with Crippen molar-refractivity contribution in [2.45, 2.75) is 66.0 Å². The molecule has 28 heavy (non-hydrogen) atoms. The largest absolute Gasteiger partial charge is 0.478 e. The fraction of sp³-hybridized carbons (Fsp3) is 0.700. The molecule has 0 saturated carbocycles. The number of carboxylic acid groups (broad SMARTS) is 1. The summed E-state index contributed by atoms with van der Waals surface area (Å²) in [5.74, 6) is -0.868. The van der Waals surface area contributed by atoms with Crippen LogP contribution in [0.15, 0.2) is 6.20 Å². The van der Waals surface area contributed by atoms with Crippen LogP contribution in [0.25, 0.3) is 0 Å². The molecule has 1 aliphatic rings. The van der Waals surface area contributed by atoms with Crippen molar-refractivity contribution in [1.82, 2.24) is 20.0 Å². The molecule has 2 rings (SSSR count). The highest BCUT2D eigenvalue weighted by Crippen LogP contribution is 2.25. The summed E-state index contributed by atoms with van der Waals surface area (Å²) in [7, 11) is 0. The second-order valence-electron chi connectivity index (χ2n) is 8.34. The zero-order chi connectivity index (χ0) is 21.0. The maximum atomic E-state index is 13.0. The third-order valence-electron chi connectivity index (χ3n) is 5.24. The van der Waals surface area contributed by atoms with Gasteiger partial charge in [-0.2, -0.15) is 5.10 Å². The highest BCUT2D eigenvalue weighted by molar-refractivity contribution is 5.89. The number of hydrogen-bond acceptors (Lipinski definition) is 4. The summed E-state index contributed by atoms with van der Waals surface area (Å²) < 4.78 is 1.76. The third-order valence-corrected chi connectivity index (χ3v) is 5.24. The predicted octanol–water partition coefficient (Wildman–Crippen LogP) is 2.24. The minimum atomic E-state index is -0.978. The maximum absolute atomic E-state index is 13.0. The molecular formula is C20H32N4O4. The molecule has 1 aromatic rings. The number of aromatic carboxylic acids is 1. The minimum absolute atomic E-state index is 0.00724. The number of aromatic nitrogens is 2. The zero-order valence-corrected chi connectivity index (χ0v) is 17.4. The van der Waals surface area contributed by atoms with Crippen molar-refractivity contribution in [1.29, 1.82) is 0 Å². The lowest BCUT2D eigenvalue weighted by Crippen LogP contribution is -2.53. The molecule has 0 spiro atoms. The van der Waals surface area contributed by atoms with Crippen LogP contribution in [0.2, 0.25) is 0 Å². The van der Waals surface area contributed by atoms with Crippen molar-refractivity contribution in [2.75, 3.05) is 13.1 Å². The van der Waals surface area contributed by atoms with Crippen LogP contribution < -0.4 is 5.32 Å². The molecule has 0 aromatic carbocycles. The van der Waals surface area contributed by atoms with Gasteiger partial charge in [0.15, 0.2) is 0 Å². The summed E-state index contributed by atoms with van der Waals surface area (Å²) in [5, 5.41) is 16.3. The van der Waals surface area contributed by atoms with E-state index in [1.165, 1.54) is 6.20 Å². The summed E-state index contributed by atoms with van der Waals surface area (Å²) in [6.07, 6.45) is 3.20. The number of piperidine rings is 1. The van der Waals surface area contributed by atoms with Crippen LogP contribution in [0.4, 0.5) is 0 Å². The van der Waals surface area contributed by atoms with Gasteiger partial charge in [-0.3, -0.25) is 14.3 Å². The fourth-order valence-electron chi connectivity index (χ4n) is 3.65. The molecule has 1 atom stereocenters. The van der Waals surface area contributed by atoms with Crippen LogP contribution >= 0.6 is 0 Å². The third kappa shape index (κ3) is 5.11. The topological polar surface area (TPSA) is 105 Å². The Bertz CT molecular complexity index is 718. The first-order valence-corrected chi connectivity index (χ1v) is 9.97. The van der Waals surface area contributed by atoms with E-state index in [1.54, 1.807) is 16.5 Å². The van der Waals surface area contributed by atoms with Crippen LogP contribution in [0.3, 0.4) is 0 Å². The molecule has 156 valence electrons. The minimum Gasteiger partial charge on any atom is -0.478 e. The summed E-state index contributed by atoms with van der Waals surface area (Å²) in [6, 6.07) is -0.446. The van der Waals surface area contributed by atoms with Gasteiger partial charge in [0.2, 0.25) is 11.8 Å². The van der Waals surface area contributed by atoms with Gasteiger partial charge in [-0.25, -0.2) is 4.79 Å². The molecule has 1 fully saturated rings. The summed E-state index contributed by atoms with van der Waals surface area (Å²) in [5.41, 5.74) is 0.851. The first kappa shape index (κ1) is 21.9. The monoisotopic (exact) mass is 392 g/mol. The van der Waals surface area contributed by atoms with Crippen molar-refractivity contribution in [3.63, 3.8) is 0 Å². The van der Waals surface area contributed by atoms with E-state index in [1.807, 2.05) is 27.7 Å². The Labute approximate surface area is 166 Å². The highest BCUT2D eigenvalue weighted by Gasteiger charge is 2.32. The predicted molar refractivity (Wildman–Crippen MR) is 105 cm³/mol. The first-order valence-electron chi connectivity index (χ1n) is 9.97. The SMILES string of the molecule is Cc1c(C(=O)O)cnn1C1CCN(C(=O)C(NC(=O)CC(C)C)C(C)C)CC1. The second-order valence-corrected chi connectivity index (χ2v) is 8.34. The van der Waals surface area contributed by atoms with E-state index in [0.717, 1.165) is 0 Å². The van der Waals surface area contributed by atoms with Gasteiger partial charge in [0.05, 0.1) is 17.9 Å². The smallest absolute Gasteiger partial charge is 0.339 e. The Balaban J connectivity index is 1.99. The van der Waals surface area contributed by atoms with Crippen LogP contribution in [-0.4, -0.2) is 56.7 Å². The Hall–Kier alpha value is -2.38. The Kier molecular flexibility index (Phi) is 7.21. The summed E-state index contributed by atoms with van der Waals surface area (Å²) >= 11 is 0. The van der Waals surface area contributed by atoms with Gasteiger partial charge < -0.3 is 15.3 Å². The Morgan fingerprint density at radius 1 is 1.21 bits per heavy atom. The van der Waals surface area contributed by atoms with Crippen LogP contribution in [-0.2, 0) is 9.59 Å². The van der Waals surface area contributed by atoms with Crippen LogP contribution in [0.1, 0.15) is 69.1 Å². The molecule has 8 heteroatoms. The van der Waals surface area contributed by atoms with E-state index in [-0.39, 0.29) is 35.3 Å². The molecule has 2 heterocycles. The lowest BCUT2D eigenvalue weighted by molar-refractivity contribution is -0.139. The van der Waals surface area contributed by atoms with Gasteiger partial charge in [-0.15, -0.1) is 0 Å². The van der Waals surface area contributed by atoms with Crippen LogP contribution in [0.5, 0.6) is 0 Å². The normalized spacial score (nSPS) is 16.5. The van der Waals surface area contributed by atoms with Gasteiger partial charge in [0.25, 0.3) is 0 Å². The number of hydrogen-bond donors (Lipinski definition) is 2. The molecule has 1 unspecified atom stereocenters. The average molecular weight is 393 g/mol. The van der Waals surface area contributed by atoms with Gasteiger partial charge >= 0.3 is 5.97 Å². The van der Waals surface area contributed by atoms with Crippen molar-refractivity contribution in [3.8, 4) is 0 Å². The molecule has 0 bridgehead atoms. The van der Waals surface area contributed by atoms with Gasteiger partial charge in [-0.1, -0.05) is 27.7 Å².